The fourth-order valence-electron chi connectivity index (χ4n) is 4.69. The number of rotatable bonds is 0. The number of hydrogen-bond acceptors (Lipinski definition) is 1. The Balaban J connectivity index is 2.35. The van der Waals surface area contributed by atoms with Crippen LogP contribution in [0.2, 0.25) is 0 Å². The Kier molecular flexibility index (Phi) is 2.35. The van der Waals surface area contributed by atoms with Crippen LogP contribution in [0.1, 0.15) is 45.2 Å². The topological polar surface area (TPSA) is 12.9 Å². The van der Waals surface area contributed by atoms with E-state index in [0.29, 0.717) is 0 Å². The summed E-state index contributed by atoms with van der Waals surface area (Å²) in [5.74, 6) is 0. The minimum atomic E-state index is 0.199. The van der Waals surface area contributed by atoms with Crippen molar-refractivity contribution in [1.29, 1.82) is 0 Å². The molecule has 1 heterocycles. The van der Waals surface area contributed by atoms with Crippen LogP contribution in [0.3, 0.4) is 0 Å². The minimum Gasteiger partial charge on any atom is -0.256 e. The van der Waals surface area contributed by atoms with Crippen LogP contribution in [-0.2, 0) is 10.8 Å². The molecule has 0 N–H and O–H groups in total. The maximum absolute atomic E-state index is 4.70. The SMILES string of the molecule is CC1(C)CC(C)(C)c2c1c1ccccc1c1ncccc21. The van der Waals surface area contributed by atoms with Gasteiger partial charge in [0.1, 0.15) is 0 Å². The largest absolute Gasteiger partial charge is 0.256 e. The van der Waals surface area contributed by atoms with E-state index < -0.39 is 0 Å². The van der Waals surface area contributed by atoms with Crippen molar-refractivity contribution in [2.24, 2.45) is 0 Å². The first-order chi connectivity index (χ1) is 9.92. The van der Waals surface area contributed by atoms with Crippen LogP contribution >= 0.6 is 0 Å². The monoisotopic (exact) mass is 275 g/mol. The molecule has 1 aromatic heterocycles. The molecule has 4 rings (SSSR count). The molecule has 106 valence electrons. The van der Waals surface area contributed by atoms with Crippen molar-refractivity contribution in [3.63, 3.8) is 0 Å². The lowest BCUT2D eigenvalue weighted by Crippen LogP contribution is -2.18. The molecule has 0 atom stereocenters. The summed E-state index contributed by atoms with van der Waals surface area (Å²) in [4.78, 5) is 4.70. The van der Waals surface area contributed by atoms with E-state index in [-0.39, 0.29) is 10.8 Å². The molecule has 1 aliphatic carbocycles. The van der Waals surface area contributed by atoms with Crippen molar-refractivity contribution in [3.05, 3.63) is 53.7 Å². The van der Waals surface area contributed by atoms with E-state index in [0.717, 1.165) is 5.52 Å². The fraction of sp³-hybridized carbons (Fsp3) is 0.350. The molecule has 0 aliphatic heterocycles. The lowest BCUT2D eigenvalue weighted by Gasteiger charge is -2.23. The summed E-state index contributed by atoms with van der Waals surface area (Å²) < 4.78 is 0. The van der Waals surface area contributed by atoms with Gasteiger partial charge in [-0.15, -0.1) is 0 Å². The van der Waals surface area contributed by atoms with E-state index in [1.165, 1.54) is 33.7 Å². The Bertz CT molecular complexity index is 799. The van der Waals surface area contributed by atoms with Gasteiger partial charge >= 0.3 is 0 Å². The summed E-state index contributed by atoms with van der Waals surface area (Å²) in [5, 5.41) is 4.01. The van der Waals surface area contributed by atoms with E-state index >= 15 is 0 Å². The summed E-state index contributed by atoms with van der Waals surface area (Å²) in [5.41, 5.74) is 4.60. The average molecular weight is 275 g/mol. The number of benzene rings is 2. The molecule has 21 heavy (non-hydrogen) atoms. The molecule has 1 aliphatic rings. The molecule has 1 heteroatoms. The fourth-order valence-corrected chi connectivity index (χ4v) is 4.69. The normalized spacial score (nSPS) is 19.0. The van der Waals surface area contributed by atoms with Gasteiger partial charge in [-0.2, -0.15) is 0 Å². The summed E-state index contributed by atoms with van der Waals surface area (Å²) in [7, 11) is 0. The van der Waals surface area contributed by atoms with Gasteiger partial charge in [-0.3, -0.25) is 4.98 Å². The standard InChI is InChI=1S/C20H21N/c1-19(2)12-20(3,4)17-15-10-7-11-21-18(15)14-9-6-5-8-13(14)16(17)19/h5-11H,12H2,1-4H3. The summed E-state index contributed by atoms with van der Waals surface area (Å²) >= 11 is 0. The zero-order valence-corrected chi connectivity index (χ0v) is 13.2. The van der Waals surface area contributed by atoms with E-state index in [9.17, 15) is 0 Å². The van der Waals surface area contributed by atoms with Crippen molar-refractivity contribution in [2.45, 2.75) is 44.9 Å². The van der Waals surface area contributed by atoms with Gasteiger partial charge in [0.15, 0.2) is 0 Å². The van der Waals surface area contributed by atoms with Crippen LogP contribution in [-0.4, -0.2) is 4.98 Å². The minimum absolute atomic E-state index is 0.199. The van der Waals surface area contributed by atoms with Crippen LogP contribution < -0.4 is 0 Å². The highest BCUT2D eigenvalue weighted by Crippen LogP contribution is 2.54. The van der Waals surface area contributed by atoms with E-state index in [4.69, 9.17) is 4.98 Å². The molecule has 0 radical (unpaired) electrons. The first kappa shape index (κ1) is 12.8. The molecule has 0 bridgehead atoms. The Morgan fingerprint density at radius 2 is 1.33 bits per heavy atom. The lowest BCUT2D eigenvalue weighted by atomic mass is 9.81. The second-order valence-corrected chi connectivity index (χ2v) is 7.64. The second-order valence-electron chi connectivity index (χ2n) is 7.64. The molecule has 0 saturated heterocycles. The Morgan fingerprint density at radius 1 is 0.762 bits per heavy atom. The summed E-state index contributed by atoms with van der Waals surface area (Å²) in [6, 6.07) is 13.1. The summed E-state index contributed by atoms with van der Waals surface area (Å²) in [6.07, 6.45) is 3.10. The summed E-state index contributed by atoms with van der Waals surface area (Å²) in [6.45, 7) is 9.52. The molecule has 0 unspecified atom stereocenters. The van der Waals surface area contributed by atoms with Gasteiger partial charge in [-0.25, -0.2) is 0 Å². The Hall–Kier alpha value is -1.89. The van der Waals surface area contributed by atoms with Crippen LogP contribution in [0.5, 0.6) is 0 Å². The third-order valence-electron chi connectivity index (χ3n) is 5.02. The van der Waals surface area contributed by atoms with Gasteiger partial charge in [-0.1, -0.05) is 58.0 Å². The first-order valence-electron chi connectivity index (χ1n) is 7.72. The number of aromatic nitrogens is 1. The van der Waals surface area contributed by atoms with Crippen molar-refractivity contribution in [1.82, 2.24) is 4.98 Å². The molecule has 0 saturated carbocycles. The van der Waals surface area contributed by atoms with Crippen molar-refractivity contribution in [2.75, 3.05) is 0 Å². The quantitative estimate of drug-likeness (QED) is 0.504. The molecule has 0 spiro atoms. The van der Waals surface area contributed by atoms with Crippen LogP contribution in [0, 0.1) is 0 Å². The first-order valence-corrected chi connectivity index (χ1v) is 7.72. The highest BCUT2D eigenvalue weighted by molar-refractivity contribution is 6.10. The molecule has 3 aromatic rings. The molecular formula is C20H21N. The number of nitrogens with zero attached hydrogens (tertiary/aromatic N) is 1. The van der Waals surface area contributed by atoms with Crippen molar-refractivity contribution in [3.8, 4) is 0 Å². The van der Waals surface area contributed by atoms with Gasteiger partial charge in [0.2, 0.25) is 0 Å². The smallest absolute Gasteiger partial charge is 0.0783 e. The van der Waals surface area contributed by atoms with Crippen LogP contribution in [0.25, 0.3) is 21.7 Å². The maximum Gasteiger partial charge on any atom is 0.0783 e. The van der Waals surface area contributed by atoms with E-state index in [2.05, 4.69) is 64.1 Å². The molecule has 2 aromatic carbocycles. The zero-order chi connectivity index (χ0) is 14.8. The predicted molar refractivity (Wildman–Crippen MR) is 89.9 cm³/mol. The number of hydrogen-bond donors (Lipinski definition) is 0. The Morgan fingerprint density at radius 3 is 2.05 bits per heavy atom. The Labute approximate surface area is 126 Å². The third kappa shape index (κ3) is 1.61. The highest BCUT2D eigenvalue weighted by atomic mass is 14.7. The average Bonchev–Trinajstić information content (AvgIpc) is 2.64. The number of pyridine rings is 1. The van der Waals surface area contributed by atoms with Gasteiger partial charge in [-0.05, 0) is 39.8 Å². The highest BCUT2D eigenvalue weighted by Gasteiger charge is 2.44. The second kappa shape index (κ2) is 3.85. The molecule has 1 nitrogen and oxygen atoms in total. The maximum atomic E-state index is 4.70. The van der Waals surface area contributed by atoms with Crippen LogP contribution in [0.15, 0.2) is 42.6 Å². The lowest BCUT2D eigenvalue weighted by molar-refractivity contribution is 0.405. The van der Waals surface area contributed by atoms with Crippen LogP contribution in [0.4, 0.5) is 0 Å². The van der Waals surface area contributed by atoms with Crippen molar-refractivity contribution < 1.29 is 0 Å². The van der Waals surface area contributed by atoms with Gasteiger partial charge in [0, 0.05) is 17.0 Å². The van der Waals surface area contributed by atoms with Gasteiger partial charge in [0.25, 0.3) is 0 Å². The number of fused-ring (bicyclic) bond motifs is 6. The van der Waals surface area contributed by atoms with Gasteiger partial charge < -0.3 is 0 Å². The predicted octanol–water partition coefficient (Wildman–Crippen LogP) is 5.35. The molecule has 0 fully saturated rings. The zero-order valence-electron chi connectivity index (χ0n) is 13.2. The molecular weight excluding hydrogens is 254 g/mol. The van der Waals surface area contributed by atoms with Gasteiger partial charge in [0.05, 0.1) is 5.52 Å². The van der Waals surface area contributed by atoms with Crippen molar-refractivity contribution >= 4 is 21.7 Å². The van der Waals surface area contributed by atoms with E-state index in [1.807, 2.05) is 6.20 Å². The van der Waals surface area contributed by atoms with E-state index in [1.54, 1.807) is 0 Å². The molecule has 0 amide bonds. The third-order valence-corrected chi connectivity index (χ3v) is 5.02.